The Labute approximate surface area is 101 Å². The monoisotopic (exact) mass is 267 g/mol. The molecule has 0 aliphatic rings. The molecule has 0 unspecified atom stereocenters. The summed E-state index contributed by atoms with van der Waals surface area (Å²) in [5.41, 5.74) is 0.276. The van der Waals surface area contributed by atoms with Crippen LogP contribution in [0.1, 0.15) is 23.7 Å². The van der Waals surface area contributed by atoms with Gasteiger partial charge in [-0.1, -0.05) is 11.6 Å². The Morgan fingerprint density at radius 2 is 2.18 bits per heavy atom. The van der Waals surface area contributed by atoms with Crippen LogP contribution in [0.15, 0.2) is 12.3 Å². The summed E-state index contributed by atoms with van der Waals surface area (Å²) in [7, 11) is 0. The standard InChI is InChI=1S/C10H9ClF3NO2/c1-6(16)7-4-8(11)9(15-5-7)17-3-2-10(12,13)14/h4-5H,2-3H2,1H3. The molecular formula is C10H9ClF3NO2. The number of hydrogen-bond donors (Lipinski definition) is 0. The summed E-state index contributed by atoms with van der Waals surface area (Å²) in [6, 6.07) is 1.31. The van der Waals surface area contributed by atoms with Crippen molar-refractivity contribution in [2.24, 2.45) is 0 Å². The van der Waals surface area contributed by atoms with E-state index < -0.39 is 19.2 Å². The fourth-order valence-electron chi connectivity index (χ4n) is 0.988. The number of ketones is 1. The third-order valence-electron chi connectivity index (χ3n) is 1.84. The minimum absolute atomic E-state index is 0.0138. The van der Waals surface area contributed by atoms with Gasteiger partial charge < -0.3 is 4.74 Å². The Balaban J connectivity index is 2.64. The number of carbonyl (C=O) groups is 1. The van der Waals surface area contributed by atoms with E-state index in [4.69, 9.17) is 16.3 Å². The zero-order valence-electron chi connectivity index (χ0n) is 8.84. The molecule has 1 aromatic heterocycles. The van der Waals surface area contributed by atoms with Crippen LogP contribution in [0.4, 0.5) is 13.2 Å². The fraction of sp³-hybridized carbons (Fsp3) is 0.400. The number of nitrogens with zero attached hydrogens (tertiary/aromatic N) is 1. The van der Waals surface area contributed by atoms with E-state index >= 15 is 0 Å². The van der Waals surface area contributed by atoms with E-state index in [0.29, 0.717) is 0 Å². The third-order valence-corrected chi connectivity index (χ3v) is 2.11. The summed E-state index contributed by atoms with van der Waals surface area (Å²) in [6.07, 6.45) is -4.16. The van der Waals surface area contributed by atoms with Crippen molar-refractivity contribution >= 4 is 17.4 Å². The van der Waals surface area contributed by atoms with E-state index in [1.165, 1.54) is 19.2 Å². The number of aromatic nitrogens is 1. The summed E-state index contributed by atoms with van der Waals surface area (Å²) < 4.78 is 40.3. The fourth-order valence-corrected chi connectivity index (χ4v) is 1.21. The van der Waals surface area contributed by atoms with Gasteiger partial charge in [0.1, 0.15) is 5.02 Å². The van der Waals surface area contributed by atoms with Gasteiger partial charge in [-0.2, -0.15) is 13.2 Å². The van der Waals surface area contributed by atoms with Crippen molar-refractivity contribution in [3.05, 3.63) is 22.8 Å². The van der Waals surface area contributed by atoms with Crippen LogP contribution in [0.2, 0.25) is 5.02 Å². The molecule has 7 heteroatoms. The van der Waals surface area contributed by atoms with Gasteiger partial charge in [0.05, 0.1) is 13.0 Å². The Bertz CT molecular complexity index is 421. The summed E-state index contributed by atoms with van der Waals surface area (Å²) in [5.74, 6) is -0.345. The molecule has 0 aliphatic heterocycles. The van der Waals surface area contributed by atoms with Gasteiger partial charge in [-0.15, -0.1) is 0 Å². The molecule has 0 fully saturated rings. The summed E-state index contributed by atoms with van der Waals surface area (Å²) in [6.45, 7) is 0.771. The SMILES string of the molecule is CC(=O)c1cnc(OCCC(F)(F)F)c(Cl)c1. The van der Waals surface area contributed by atoms with Gasteiger partial charge in [0, 0.05) is 11.8 Å². The minimum atomic E-state index is -4.29. The van der Waals surface area contributed by atoms with Crippen LogP contribution in [0.3, 0.4) is 0 Å². The molecule has 1 heterocycles. The van der Waals surface area contributed by atoms with Crippen LogP contribution < -0.4 is 4.74 Å². The van der Waals surface area contributed by atoms with Crippen molar-refractivity contribution in [2.45, 2.75) is 19.5 Å². The van der Waals surface area contributed by atoms with Gasteiger partial charge in [0.2, 0.25) is 5.88 Å². The number of alkyl halides is 3. The largest absolute Gasteiger partial charge is 0.476 e. The molecule has 17 heavy (non-hydrogen) atoms. The number of Topliss-reactive ketones (excluding diaryl/α,β-unsaturated/α-hetero) is 1. The zero-order valence-corrected chi connectivity index (χ0v) is 9.60. The van der Waals surface area contributed by atoms with E-state index in [2.05, 4.69) is 4.98 Å². The average Bonchev–Trinajstić information content (AvgIpc) is 2.18. The number of ether oxygens (including phenoxy) is 1. The Hall–Kier alpha value is -1.30. The first kappa shape index (κ1) is 13.8. The summed E-state index contributed by atoms with van der Waals surface area (Å²) >= 11 is 5.70. The predicted molar refractivity (Wildman–Crippen MR) is 55.4 cm³/mol. The topological polar surface area (TPSA) is 39.2 Å². The first-order chi connectivity index (χ1) is 7.79. The molecule has 0 saturated heterocycles. The molecule has 0 N–H and O–H groups in total. The molecule has 3 nitrogen and oxygen atoms in total. The Kier molecular flexibility index (Phi) is 4.34. The predicted octanol–water partition coefficient (Wildman–Crippen LogP) is 3.27. The number of pyridine rings is 1. The molecule has 0 bridgehead atoms. The maximum Gasteiger partial charge on any atom is 0.392 e. The van der Waals surface area contributed by atoms with E-state index in [9.17, 15) is 18.0 Å². The lowest BCUT2D eigenvalue weighted by molar-refractivity contribution is -0.139. The molecule has 0 aromatic carbocycles. The molecule has 94 valence electrons. The molecule has 0 spiro atoms. The lowest BCUT2D eigenvalue weighted by Crippen LogP contribution is -2.13. The highest BCUT2D eigenvalue weighted by molar-refractivity contribution is 6.32. The van der Waals surface area contributed by atoms with Crippen molar-refractivity contribution in [3.8, 4) is 5.88 Å². The first-order valence-corrected chi connectivity index (χ1v) is 5.03. The molecule has 0 atom stereocenters. The highest BCUT2D eigenvalue weighted by Gasteiger charge is 2.27. The van der Waals surface area contributed by atoms with Gasteiger partial charge in [-0.25, -0.2) is 4.98 Å². The average molecular weight is 268 g/mol. The second kappa shape index (κ2) is 5.35. The van der Waals surface area contributed by atoms with Gasteiger partial charge in [-0.05, 0) is 13.0 Å². The normalized spacial score (nSPS) is 11.4. The van der Waals surface area contributed by atoms with Crippen LogP contribution >= 0.6 is 11.6 Å². The maximum atomic E-state index is 11.9. The van der Waals surface area contributed by atoms with Crippen LogP contribution in [0.25, 0.3) is 0 Å². The first-order valence-electron chi connectivity index (χ1n) is 4.65. The van der Waals surface area contributed by atoms with Gasteiger partial charge in [0.15, 0.2) is 5.78 Å². The lowest BCUT2D eigenvalue weighted by Gasteiger charge is -2.09. The van der Waals surface area contributed by atoms with Gasteiger partial charge >= 0.3 is 6.18 Å². The number of halogens is 4. The number of rotatable bonds is 4. The molecule has 0 aliphatic carbocycles. The number of carbonyl (C=O) groups excluding carboxylic acids is 1. The van der Waals surface area contributed by atoms with E-state index in [1.807, 2.05) is 0 Å². The highest BCUT2D eigenvalue weighted by Crippen LogP contribution is 2.24. The molecule has 1 rings (SSSR count). The van der Waals surface area contributed by atoms with Crippen LogP contribution in [0, 0.1) is 0 Å². The van der Waals surface area contributed by atoms with Crippen molar-refractivity contribution < 1.29 is 22.7 Å². The molecule has 1 aromatic rings. The van der Waals surface area contributed by atoms with Gasteiger partial charge in [-0.3, -0.25) is 4.79 Å². The van der Waals surface area contributed by atoms with Crippen molar-refractivity contribution in [1.29, 1.82) is 0 Å². The highest BCUT2D eigenvalue weighted by atomic mass is 35.5. The zero-order chi connectivity index (χ0) is 13.1. The van der Waals surface area contributed by atoms with E-state index in [-0.39, 0.29) is 22.2 Å². The summed E-state index contributed by atoms with van der Waals surface area (Å²) in [5, 5.41) is 0.0138. The van der Waals surface area contributed by atoms with Crippen molar-refractivity contribution in [2.75, 3.05) is 6.61 Å². The van der Waals surface area contributed by atoms with Gasteiger partial charge in [0.25, 0.3) is 0 Å². The second-order valence-corrected chi connectivity index (χ2v) is 3.69. The smallest absolute Gasteiger partial charge is 0.392 e. The lowest BCUT2D eigenvalue weighted by atomic mass is 10.2. The molecular weight excluding hydrogens is 259 g/mol. The summed E-state index contributed by atoms with van der Waals surface area (Å²) in [4.78, 5) is 14.6. The van der Waals surface area contributed by atoms with Crippen LogP contribution in [-0.2, 0) is 0 Å². The molecule has 0 radical (unpaired) electrons. The number of hydrogen-bond acceptors (Lipinski definition) is 3. The second-order valence-electron chi connectivity index (χ2n) is 3.28. The van der Waals surface area contributed by atoms with E-state index in [1.54, 1.807) is 0 Å². The Morgan fingerprint density at radius 1 is 1.53 bits per heavy atom. The Morgan fingerprint density at radius 3 is 2.65 bits per heavy atom. The molecule has 0 saturated carbocycles. The minimum Gasteiger partial charge on any atom is -0.476 e. The third kappa shape index (κ3) is 4.60. The molecule has 0 amide bonds. The van der Waals surface area contributed by atoms with Crippen molar-refractivity contribution in [1.82, 2.24) is 4.98 Å². The quantitative estimate of drug-likeness (QED) is 0.786. The van der Waals surface area contributed by atoms with Crippen LogP contribution in [0.5, 0.6) is 5.88 Å². The van der Waals surface area contributed by atoms with E-state index in [0.717, 1.165) is 0 Å². The van der Waals surface area contributed by atoms with Crippen molar-refractivity contribution in [3.63, 3.8) is 0 Å². The van der Waals surface area contributed by atoms with Crippen LogP contribution in [-0.4, -0.2) is 23.6 Å². The maximum absolute atomic E-state index is 11.9.